The van der Waals surface area contributed by atoms with Crippen LogP contribution in [0.4, 0.5) is 5.69 Å². The molecule has 0 unspecified atom stereocenters. The normalized spacial score (nSPS) is 17.5. The molecule has 1 N–H and O–H groups in total. The topological polar surface area (TPSA) is 23.5 Å². The van der Waals surface area contributed by atoms with Crippen molar-refractivity contribution in [3.63, 3.8) is 0 Å². The Morgan fingerprint density at radius 1 is 1.13 bits per heavy atom. The maximum absolute atomic E-state index is 9.93. The molecule has 1 fully saturated rings. The molecule has 1 saturated carbocycles. The van der Waals surface area contributed by atoms with Crippen LogP contribution in [0.15, 0.2) is 24.3 Å². The SMILES string of the molecule is CCN(CC)c1ccc(C2(O)CC2)cc1. The molecule has 1 aliphatic carbocycles. The zero-order valence-corrected chi connectivity index (χ0v) is 9.53. The zero-order valence-electron chi connectivity index (χ0n) is 9.53. The van der Waals surface area contributed by atoms with Gasteiger partial charge in [0.1, 0.15) is 0 Å². The van der Waals surface area contributed by atoms with Crippen molar-refractivity contribution >= 4 is 5.69 Å². The van der Waals surface area contributed by atoms with Crippen molar-refractivity contribution in [3.8, 4) is 0 Å². The molecule has 2 heteroatoms. The molecule has 15 heavy (non-hydrogen) atoms. The largest absolute Gasteiger partial charge is 0.385 e. The fourth-order valence-corrected chi connectivity index (χ4v) is 1.98. The van der Waals surface area contributed by atoms with E-state index in [-0.39, 0.29) is 0 Å². The Bertz CT molecular complexity index is 323. The van der Waals surface area contributed by atoms with Crippen molar-refractivity contribution in [2.24, 2.45) is 0 Å². The molecule has 0 amide bonds. The van der Waals surface area contributed by atoms with Crippen LogP contribution in [0.2, 0.25) is 0 Å². The summed E-state index contributed by atoms with van der Waals surface area (Å²) in [6.07, 6.45) is 1.83. The van der Waals surface area contributed by atoms with E-state index in [1.54, 1.807) is 0 Å². The second-order valence-corrected chi connectivity index (χ2v) is 4.25. The molecule has 0 aliphatic heterocycles. The maximum Gasteiger partial charge on any atom is 0.0899 e. The highest BCUT2D eigenvalue weighted by atomic mass is 16.3. The number of aliphatic hydroxyl groups is 1. The summed E-state index contributed by atoms with van der Waals surface area (Å²) in [6, 6.07) is 8.33. The van der Waals surface area contributed by atoms with Crippen LogP contribution < -0.4 is 4.90 Å². The predicted octanol–water partition coefficient (Wildman–Crippen LogP) is 2.51. The lowest BCUT2D eigenvalue weighted by Gasteiger charge is -2.21. The number of hydrogen-bond donors (Lipinski definition) is 1. The van der Waals surface area contributed by atoms with Crippen LogP contribution in [-0.4, -0.2) is 18.2 Å². The van der Waals surface area contributed by atoms with Crippen molar-refractivity contribution in [3.05, 3.63) is 29.8 Å². The van der Waals surface area contributed by atoms with Gasteiger partial charge in [-0.3, -0.25) is 0 Å². The molecule has 2 nitrogen and oxygen atoms in total. The molecule has 82 valence electrons. The molecule has 1 aliphatic rings. The Balaban J connectivity index is 2.16. The Labute approximate surface area is 91.5 Å². The van der Waals surface area contributed by atoms with Gasteiger partial charge >= 0.3 is 0 Å². The lowest BCUT2D eigenvalue weighted by Crippen LogP contribution is -2.21. The Morgan fingerprint density at radius 3 is 2.07 bits per heavy atom. The Kier molecular flexibility index (Phi) is 2.70. The molecule has 0 radical (unpaired) electrons. The third-order valence-electron chi connectivity index (χ3n) is 3.26. The minimum absolute atomic E-state index is 0.498. The average molecular weight is 205 g/mol. The lowest BCUT2D eigenvalue weighted by atomic mass is 10.1. The van der Waals surface area contributed by atoms with E-state index in [4.69, 9.17) is 0 Å². The molecule has 1 aromatic rings. The summed E-state index contributed by atoms with van der Waals surface area (Å²) < 4.78 is 0. The van der Waals surface area contributed by atoms with Gasteiger partial charge in [0.05, 0.1) is 5.60 Å². The molecule has 0 atom stereocenters. The van der Waals surface area contributed by atoms with E-state index < -0.39 is 5.60 Å². The highest BCUT2D eigenvalue weighted by molar-refractivity contribution is 5.48. The molecular formula is C13H19NO. The first-order valence-corrected chi connectivity index (χ1v) is 5.77. The van der Waals surface area contributed by atoms with E-state index in [2.05, 4.69) is 43.0 Å². The van der Waals surface area contributed by atoms with Crippen LogP contribution in [0.3, 0.4) is 0 Å². The molecule has 0 heterocycles. The quantitative estimate of drug-likeness (QED) is 0.816. The first-order chi connectivity index (χ1) is 7.19. The van der Waals surface area contributed by atoms with Crippen molar-refractivity contribution in [2.75, 3.05) is 18.0 Å². The minimum Gasteiger partial charge on any atom is -0.385 e. The van der Waals surface area contributed by atoms with Crippen molar-refractivity contribution < 1.29 is 5.11 Å². The second-order valence-electron chi connectivity index (χ2n) is 4.25. The van der Waals surface area contributed by atoms with Gasteiger partial charge in [-0.05, 0) is 44.4 Å². The number of anilines is 1. The number of nitrogens with zero attached hydrogens (tertiary/aromatic N) is 1. The third-order valence-corrected chi connectivity index (χ3v) is 3.26. The summed E-state index contributed by atoms with van der Waals surface area (Å²) in [4.78, 5) is 2.31. The summed E-state index contributed by atoms with van der Waals surface area (Å²) in [5.74, 6) is 0. The number of hydrogen-bond acceptors (Lipinski definition) is 2. The molecule has 0 saturated heterocycles. The van der Waals surface area contributed by atoms with Gasteiger partial charge in [-0.2, -0.15) is 0 Å². The van der Waals surface area contributed by atoms with Crippen LogP contribution in [-0.2, 0) is 5.60 Å². The average Bonchev–Trinajstić information content (AvgIpc) is 3.01. The fourth-order valence-electron chi connectivity index (χ4n) is 1.98. The van der Waals surface area contributed by atoms with Crippen molar-refractivity contribution in [1.82, 2.24) is 0 Å². The van der Waals surface area contributed by atoms with Crippen LogP contribution in [0, 0.1) is 0 Å². The van der Waals surface area contributed by atoms with Crippen LogP contribution in [0.25, 0.3) is 0 Å². The molecule has 2 rings (SSSR count). The van der Waals surface area contributed by atoms with Gasteiger partial charge in [0.2, 0.25) is 0 Å². The summed E-state index contributed by atoms with van der Waals surface area (Å²) in [6.45, 7) is 6.37. The van der Waals surface area contributed by atoms with Crippen LogP contribution >= 0.6 is 0 Å². The summed E-state index contributed by atoms with van der Waals surface area (Å²) in [7, 11) is 0. The molecular weight excluding hydrogens is 186 g/mol. The van der Waals surface area contributed by atoms with E-state index in [0.29, 0.717) is 0 Å². The van der Waals surface area contributed by atoms with E-state index in [0.717, 1.165) is 31.5 Å². The van der Waals surface area contributed by atoms with E-state index in [1.165, 1.54) is 5.69 Å². The van der Waals surface area contributed by atoms with Gasteiger partial charge in [-0.25, -0.2) is 0 Å². The van der Waals surface area contributed by atoms with Crippen LogP contribution in [0.5, 0.6) is 0 Å². The predicted molar refractivity (Wildman–Crippen MR) is 63.1 cm³/mol. The molecule has 0 aromatic heterocycles. The summed E-state index contributed by atoms with van der Waals surface area (Å²) >= 11 is 0. The highest BCUT2D eigenvalue weighted by Crippen LogP contribution is 2.45. The Morgan fingerprint density at radius 2 is 1.67 bits per heavy atom. The summed E-state index contributed by atoms with van der Waals surface area (Å²) in [5, 5.41) is 9.93. The van der Waals surface area contributed by atoms with Gasteiger partial charge in [0, 0.05) is 18.8 Å². The lowest BCUT2D eigenvalue weighted by molar-refractivity contribution is 0.151. The van der Waals surface area contributed by atoms with E-state index in [1.807, 2.05) is 0 Å². The molecule has 0 spiro atoms. The smallest absolute Gasteiger partial charge is 0.0899 e. The van der Waals surface area contributed by atoms with Crippen LogP contribution in [0.1, 0.15) is 32.3 Å². The van der Waals surface area contributed by atoms with Gasteiger partial charge in [0.25, 0.3) is 0 Å². The van der Waals surface area contributed by atoms with Gasteiger partial charge in [0.15, 0.2) is 0 Å². The molecule has 0 bridgehead atoms. The van der Waals surface area contributed by atoms with Gasteiger partial charge in [-0.15, -0.1) is 0 Å². The number of rotatable bonds is 4. The van der Waals surface area contributed by atoms with Crippen molar-refractivity contribution in [2.45, 2.75) is 32.3 Å². The minimum atomic E-state index is -0.498. The first-order valence-electron chi connectivity index (χ1n) is 5.77. The second kappa shape index (κ2) is 3.86. The van der Waals surface area contributed by atoms with Crippen molar-refractivity contribution in [1.29, 1.82) is 0 Å². The number of benzene rings is 1. The fraction of sp³-hybridized carbons (Fsp3) is 0.538. The maximum atomic E-state index is 9.93. The summed E-state index contributed by atoms with van der Waals surface area (Å²) in [5.41, 5.74) is 1.81. The standard InChI is InChI=1S/C13H19NO/c1-3-14(4-2)12-7-5-11(6-8-12)13(15)9-10-13/h5-8,15H,3-4,9-10H2,1-2H3. The third kappa shape index (κ3) is 2.00. The van der Waals surface area contributed by atoms with E-state index in [9.17, 15) is 5.11 Å². The monoisotopic (exact) mass is 205 g/mol. The van der Waals surface area contributed by atoms with E-state index >= 15 is 0 Å². The Hall–Kier alpha value is -1.02. The van der Waals surface area contributed by atoms with Gasteiger partial charge < -0.3 is 10.0 Å². The molecule has 1 aromatic carbocycles. The first kappa shape index (κ1) is 10.5. The highest BCUT2D eigenvalue weighted by Gasteiger charge is 2.41. The van der Waals surface area contributed by atoms with Gasteiger partial charge in [-0.1, -0.05) is 12.1 Å². The zero-order chi connectivity index (χ0) is 10.9.